The molecule has 0 bridgehead atoms. The van der Waals surface area contributed by atoms with Gasteiger partial charge in [0.25, 0.3) is 0 Å². The summed E-state index contributed by atoms with van der Waals surface area (Å²) in [4.78, 5) is 0. The molecule has 0 N–H and O–H groups in total. The Hall–Kier alpha value is -2.20. The monoisotopic (exact) mass is 370 g/mol. The predicted molar refractivity (Wildman–Crippen MR) is 104 cm³/mol. The Morgan fingerprint density at radius 3 is 2.73 bits per heavy atom. The summed E-state index contributed by atoms with van der Waals surface area (Å²) in [7, 11) is 1.68. The van der Waals surface area contributed by atoms with E-state index in [-0.39, 0.29) is 6.04 Å². The third-order valence-corrected chi connectivity index (χ3v) is 5.43. The van der Waals surface area contributed by atoms with E-state index in [4.69, 9.17) is 26.2 Å². The summed E-state index contributed by atoms with van der Waals surface area (Å²) in [6.07, 6.45) is 2.77. The number of rotatable bonds is 4. The van der Waals surface area contributed by atoms with Crippen LogP contribution in [-0.2, 0) is 0 Å². The van der Waals surface area contributed by atoms with Gasteiger partial charge in [-0.15, -0.1) is 0 Å². The minimum Gasteiger partial charge on any atom is -0.497 e. The summed E-state index contributed by atoms with van der Waals surface area (Å²) in [6.45, 7) is 4.30. The third kappa shape index (κ3) is 2.82. The molecule has 0 fully saturated rings. The van der Waals surface area contributed by atoms with E-state index in [1.807, 2.05) is 30.3 Å². The topological polar surface area (TPSA) is 34.1 Å². The molecule has 0 radical (unpaired) electrons. The van der Waals surface area contributed by atoms with E-state index < -0.39 is 5.72 Å². The molecule has 5 heteroatoms. The summed E-state index contributed by atoms with van der Waals surface area (Å²) in [5.41, 5.74) is 2.84. The number of benzene rings is 2. The summed E-state index contributed by atoms with van der Waals surface area (Å²) in [6, 6.07) is 14.1. The van der Waals surface area contributed by atoms with Gasteiger partial charge in [-0.25, -0.2) is 5.01 Å². The van der Waals surface area contributed by atoms with Crippen molar-refractivity contribution in [2.24, 2.45) is 5.10 Å². The number of hydrogen-bond acceptors (Lipinski definition) is 4. The average molecular weight is 371 g/mol. The van der Waals surface area contributed by atoms with Crippen molar-refractivity contribution in [3.8, 4) is 11.5 Å². The van der Waals surface area contributed by atoms with E-state index in [1.165, 1.54) is 0 Å². The SMILES string of the molecule is CCC[C@]1(C)Oc2ccc(Cl)cc2[C@H]2CC(c3ccc(OC)cc3)=NN21. The van der Waals surface area contributed by atoms with Crippen LogP contribution >= 0.6 is 11.6 Å². The standard InChI is InChI=1S/C21H23ClN2O2/c1-4-11-21(2)24-19(17-12-15(22)7-10-20(17)26-21)13-18(23-24)14-5-8-16(25-3)9-6-14/h5-10,12,19H,4,11,13H2,1-3H3/t19-,21+/m1/s1. The second-order valence-electron chi connectivity index (χ2n) is 7.05. The number of ether oxygens (including phenoxy) is 2. The second-order valence-corrected chi connectivity index (χ2v) is 7.49. The first-order valence-electron chi connectivity index (χ1n) is 9.04. The third-order valence-electron chi connectivity index (χ3n) is 5.19. The molecule has 0 saturated heterocycles. The first kappa shape index (κ1) is 17.2. The zero-order valence-corrected chi connectivity index (χ0v) is 16.1. The highest BCUT2D eigenvalue weighted by Crippen LogP contribution is 2.48. The number of fused-ring (bicyclic) bond motifs is 3. The second kappa shape index (κ2) is 6.51. The van der Waals surface area contributed by atoms with Crippen molar-refractivity contribution in [3.05, 3.63) is 58.6 Å². The smallest absolute Gasteiger partial charge is 0.195 e. The molecular formula is C21H23ClN2O2. The lowest BCUT2D eigenvalue weighted by atomic mass is 9.94. The molecule has 26 heavy (non-hydrogen) atoms. The maximum absolute atomic E-state index is 6.39. The number of hydrazone groups is 1. The van der Waals surface area contributed by atoms with Crippen molar-refractivity contribution >= 4 is 17.3 Å². The zero-order valence-electron chi connectivity index (χ0n) is 15.3. The van der Waals surface area contributed by atoms with Gasteiger partial charge in [0.2, 0.25) is 0 Å². The Bertz CT molecular complexity index is 850. The van der Waals surface area contributed by atoms with Gasteiger partial charge >= 0.3 is 0 Å². The lowest BCUT2D eigenvalue weighted by Gasteiger charge is -2.45. The van der Waals surface area contributed by atoms with Crippen LogP contribution in [0.15, 0.2) is 47.6 Å². The van der Waals surface area contributed by atoms with Crippen molar-refractivity contribution in [2.45, 2.75) is 44.9 Å². The molecule has 136 valence electrons. The molecule has 2 heterocycles. The van der Waals surface area contributed by atoms with Gasteiger partial charge in [-0.3, -0.25) is 0 Å². The molecular weight excluding hydrogens is 348 g/mol. The lowest BCUT2D eigenvalue weighted by molar-refractivity contribution is -0.111. The number of halogens is 1. The number of hydrogen-bond donors (Lipinski definition) is 0. The van der Waals surface area contributed by atoms with E-state index in [0.717, 1.165) is 52.6 Å². The fourth-order valence-electron chi connectivity index (χ4n) is 3.93. The fourth-order valence-corrected chi connectivity index (χ4v) is 4.11. The molecule has 0 spiro atoms. The van der Waals surface area contributed by atoms with E-state index in [0.29, 0.717) is 0 Å². The van der Waals surface area contributed by atoms with Crippen LogP contribution in [0.3, 0.4) is 0 Å². The molecule has 2 aromatic carbocycles. The molecule has 0 saturated carbocycles. The molecule has 2 aromatic rings. The van der Waals surface area contributed by atoms with Gasteiger partial charge < -0.3 is 9.47 Å². The van der Waals surface area contributed by atoms with E-state index >= 15 is 0 Å². The van der Waals surface area contributed by atoms with Crippen molar-refractivity contribution in [1.29, 1.82) is 0 Å². The highest BCUT2D eigenvalue weighted by Gasteiger charge is 2.47. The van der Waals surface area contributed by atoms with Crippen LogP contribution in [0.1, 0.15) is 50.3 Å². The molecule has 0 amide bonds. The minimum atomic E-state index is -0.450. The van der Waals surface area contributed by atoms with Crippen LogP contribution in [0.4, 0.5) is 0 Å². The van der Waals surface area contributed by atoms with E-state index in [1.54, 1.807) is 7.11 Å². The number of nitrogens with zero attached hydrogens (tertiary/aromatic N) is 2. The van der Waals surface area contributed by atoms with Crippen molar-refractivity contribution in [3.63, 3.8) is 0 Å². The van der Waals surface area contributed by atoms with Gasteiger partial charge in [-0.05, 0) is 55.0 Å². The fraction of sp³-hybridized carbons (Fsp3) is 0.381. The molecule has 0 aromatic heterocycles. The lowest BCUT2D eigenvalue weighted by Crippen LogP contribution is -2.51. The maximum atomic E-state index is 6.39. The molecule has 4 nitrogen and oxygen atoms in total. The molecule has 0 aliphatic carbocycles. The summed E-state index contributed by atoms with van der Waals surface area (Å²) < 4.78 is 11.7. The first-order chi connectivity index (χ1) is 12.5. The van der Waals surface area contributed by atoms with Crippen LogP contribution in [0.25, 0.3) is 0 Å². The Kier molecular flexibility index (Phi) is 4.31. The molecule has 0 unspecified atom stereocenters. The summed E-state index contributed by atoms with van der Waals surface area (Å²) in [5.74, 6) is 1.76. The normalized spacial score (nSPS) is 23.8. The Morgan fingerprint density at radius 2 is 2.04 bits per heavy atom. The highest BCUT2D eigenvalue weighted by atomic mass is 35.5. The van der Waals surface area contributed by atoms with Gasteiger partial charge in [0, 0.05) is 23.4 Å². The van der Waals surface area contributed by atoms with Crippen LogP contribution < -0.4 is 9.47 Å². The summed E-state index contributed by atoms with van der Waals surface area (Å²) >= 11 is 6.26. The Labute approximate surface area is 159 Å². The van der Waals surface area contributed by atoms with E-state index in [9.17, 15) is 0 Å². The van der Waals surface area contributed by atoms with Gasteiger partial charge in [0.05, 0.1) is 18.9 Å². The Morgan fingerprint density at radius 1 is 1.27 bits per heavy atom. The highest BCUT2D eigenvalue weighted by molar-refractivity contribution is 6.30. The maximum Gasteiger partial charge on any atom is 0.195 e. The van der Waals surface area contributed by atoms with Crippen molar-refractivity contribution < 1.29 is 9.47 Å². The minimum absolute atomic E-state index is 0.145. The molecule has 2 aliphatic heterocycles. The van der Waals surface area contributed by atoms with Crippen LogP contribution in [0, 0.1) is 0 Å². The van der Waals surface area contributed by atoms with Crippen LogP contribution in [0.2, 0.25) is 5.02 Å². The molecule has 2 aliphatic rings. The van der Waals surface area contributed by atoms with Crippen LogP contribution in [-0.4, -0.2) is 23.6 Å². The predicted octanol–water partition coefficient (Wildman–Crippen LogP) is 5.41. The van der Waals surface area contributed by atoms with Gasteiger partial charge in [-0.1, -0.05) is 24.9 Å². The summed E-state index contributed by atoms with van der Waals surface area (Å²) in [5, 5.41) is 7.84. The van der Waals surface area contributed by atoms with Gasteiger partial charge in [-0.2, -0.15) is 5.10 Å². The largest absolute Gasteiger partial charge is 0.497 e. The zero-order chi connectivity index (χ0) is 18.3. The van der Waals surface area contributed by atoms with Gasteiger partial charge in [0.15, 0.2) is 5.72 Å². The average Bonchev–Trinajstić information content (AvgIpc) is 3.10. The van der Waals surface area contributed by atoms with Crippen molar-refractivity contribution in [2.75, 3.05) is 7.11 Å². The molecule has 4 rings (SSSR count). The Balaban J connectivity index is 1.75. The molecule has 2 atom stereocenters. The van der Waals surface area contributed by atoms with Gasteiger partial charge in [0.1, 0.15) is 11.5 Å². The quantitative estimate of drug-likeness (QED) is 0.721. The van der Waals surface area contributed by atoms with Crippen LogP contribution in [0.5, 0.6) is 11.5 Å². The van der Waals surface area contributed by atoms with E-state index in [2.05, 4.69) is 31.0 Å². The van der Waals surface area contributed by atoms with Crippen molar-refractivity contribution in [1.82, 2.24) is 5.01 Å². The number of methoxy groups -OCH3 is 1. The first-order valence-corrected chi connectivity index (χ1v) is 9.41.